The highest BCUT2D eigenvalue weighted by atomic mass is 31.2. The van der Waals surface area contributed by atoms with E-state index in [4.69, 9.17) is 32.7 Å². The first kappa shape index (κ1) is 69.4. The molecule has 468 valence electrons. The van der Waals surface area contributed by atoms with Crippen molar-refractivity contribution in [2.75, 3.05) is 67.8 Å². The third kappa shape index (κ3) is 21.2. The Morgan fingerprint density at radius 1 is 0.795 bits per heavy atom. The fraction of sp³-hybridized carbons (Fsp3) is 0.721. The third-order valence-corrected chi connectivity index (χ3v) is 16.9. The molecule has 0 radical (unpaired) electrons. The number of fused-ring (bicyclic) bond motifs is 3. The first-order valence-corrected chi connectivity index (χ1v) is 31.8. The SMILES string of the molecule is CCCCCCCCCCCCCCCCC(=O)OCC(COP(=O)(O)OCC[N+](C)(C)C)OC(=O)CCCCCCCCN[C@H]1CC(O[C@H]2C[C@](O)(C(=O)CO)Cc3c(O)c4c(c(O)c32)C(=O)c2c(OC)cccc2C4=O)O[C@@H](C)[C@H]1O. The van der Waals surface area contributed by atoms with E-state index in [-0.39, 0.29) is 60.5 Å². The number of phosphoric ester groups is 1. The Morgan fingerprint density at radius 3 is 1.96 bits per heavy atom. The van der Waals surface area contributed by atoms with Gasteiger partial charge in [0, 0.05) is 54.8 Å². The van der Waals surface area contributed by atoms with E-state index in [2.05, 4.69) is 12.2 Å². The average Bonchev–Trinajstić information content (AvgIpc) is 1.54. The van der Waals surface area contributed by atoms with Gasteiger partial charge in [-0.05, 0) is 38.8 Å². The summed E-state index contributed by atoms with van der Waals surface area (Å²) in [4.78, 5) is 77.0. The van der Waals surface area contributed by atoms with Crippen LogP contribution < -0.4 is 10.1 Å². The molecule has 0 saturated carbocycles. The lowest BCUT2D eigenvalue weighted by atomic mass is 9.72. The summed E-state index contributed by atoms with van der Waals surface area (Å²) in [5.74, 6) is -4.93. The maximum Gasteiger partial charge on any atom is 0.472 e. The van der Waals surface area contributed by atoms with Gasteiger partial charge in [-0.15, -0.1) is 0 Å². The first-order chi connectivity index (χ1) is 39.5. The summed E-state index contributed by atoms with van der Waals surface area (Å²) in [5, 5.41) is 59.7. The largest absolute Gasteiger partial charge is 0.507 e. The van der Waals surface area contributed by atoms with Gasteiger partial charge in [0.15, 0.2) is 24.0 Å². The van der Waals surface area contributed by atoms with Crippen LogP contribution in [0.15, 0.2) is 18.2 Å². The number of Topliss-reactive ketones (excluding diaryl/α,β-unsaturated/α-hetero) is 1. The number of likely N-dealkylation sites (N-methyl/N-ethyl adjacent to an activating group) is 1. The number of carbonyl (C=O) groups excluding carboxylic acids is 5. The van der Waals surface area contributed by atoms with Crippen LogP contribution in [0.3, 0.4) is 0 Å². The minimum atomic E-state index is -4.50. The lowest BCUT2D eigenvalue weighted by Gasteiger charge is -2.43. The predicted molar refractivity (Wildman–Crippen MR) is 308 cm³/mol. The Balaban J connectivity index is 1.05. The Labute approximate surface area is 490 Å². The van der Waals surface area contributed by atoms with Crippen molar-refractivity contribution in [2.24, 2.45) is 0 Å². The highest BCUT2D eigenvalue weighted by molar-refractivity contribution is 7.47. The number of quaternary nitrogens is 1. The average molecular weight is 1190 g/mol. The number of unbranched alkanes of at least 4 members (excludes halogenated alkanes) is 18. The first-order valence-electron chi connectivity index (χ1n) is 30.3. The van der Waals surface area contributed by atoms with Crippen molar-refractivity contribution >= 4 is 37.1 Å². The summed E-state index contributed by atoms with van der Waals surface area (Å²) in [6, 6.07) is 3.81. The zero-order chi connectivity index (χ0) is 60.7. The predicted octanol–water partition coefficient (Wildman–Crippen LogP) is 8.53. The van der Waals surface area contributed by atoms with Gasteiger partial charge in [-0.3, -0.25) is 33.0 Å². The summed E-state index contributed by atoms with van der Waals surface area (Å²) in [6.07, 6.45) is 14.9. The van der Waals surface area contributed by atoms with Crippen LogP contribution >= 0.6 is 7.82 Å². The number of nitrogens with zero attached hydrogens (tertiary/aromatic N) is 1. The van der Waals surface area contributed by atoms with Gasteiger partial charge in [0.05, 0.1) is 69.9 Å². The molecule has 5 rings (SSSR count). The molecule has 1 heterocycles. The van der Waals surface area contributed by atoms with E-state index in [1.165, 1.54) is 89.5 Å². The molecule has 0 amide bonds. The maximum absolute atomic E-state index is 14.1. The van der Waals surface area contributed by atoms with E-state index < -0.39 is 128 Å². The van der Waals surface area contributed by atoms with E-state index >= 15 is 0 Å². The zero-order valence-electron chi connectivity index (χ0n) is 50.0. The van der Waals surface area contributed by atoms with Crippen molar-refractivity contribution in [3.63, 3.8) is 0 Å². The third-order valence-electron chi connectivity index (χ3n) is 15.9. The fourth-order valence-electron chi connectivity index (χ4n) is 11.0. The van der Waals surface area contributed by atoms with Crippen LogP contribution in [0, 0.1) is 0 Å². The Hall–Kier alpha value is -4.38. The summed E-state index contributed by atoms with van der Waals surface area (Å²) in [6.45, 7) is 2.88. The molecule has 8 atom stereocenters. The number of nitrogens with one attached hydrogen (secondary N) is 1. The number of aliphatic hydroxyl groups is 3. The van der Waals surface area contributed by atoms with Gasteiger partial charge in [0.2, 0.25) is 5.78 Å². The molecule has 7 N–H and O–H groups in total. The second-order valence-corrected chi connectivity index (χ2v) is 25.1. The number of ether oxygens (including phenoxy) is 5. The van der Waals surface area contributed by atoms with Crippen LogP contribution in [0.2, 0.25) is 0 Å². The minimum absolute atomic E-state index is 0.0424. The molecule has 3 aliphatic rings. The van der Waals surface area contributed by atoms with Gasteiger partial charge in [-0.25, -0.2) is 4.57 Å². The molecule has 21 nitrogen and oxygen atoms in total. The van der Waals surface area contributed by atoms with E-state index in [9.17, 15) is 59.0 Å². The van der Waals surface area contributed by atoms with E-state index in [0.29, 0.717) is 36.8 Å². The topological polar surface area (TPSA) is 300 Å². The number of aromatic hydroxyl groups is 2. The number of phosphoric acid groups is 1. The quantitative estimate of drug-likeness (QED) is 0.00922. The second-order valence-electron chi connectivity index (χ2n) is 23.7. The molecule has 2 aliphatic carbocycles. The highest BCUT2D eigenvalue weighted by Gasteiger charge is 2.50. The number of hydrogen-bond donors (Lipinski definition) is 7. The molecule has 22 heteroatoms. The molecule has 0 spiro atoms. The summed E-state index contributed by atoms with van der Waals surface area (Å²) in [7, 11) is 2.55. The molecular formula is C61H96N2O19P+. The molecule has 3 unspecified atom stereocenters. The van der Waals surface area contributed by atoms with Crippen LogP contribution in [0.25, 0.3) is 0 Å². The number of phenols is 2. The standard InChI is InChI=1S/C61H95N2O19P/c1-7-8-9-10-11-12-13-14-15-16-17-18-21-24-30-49(66)77-39-42(40-79-83(74,75)78-34-33-63(3,4)5)81-50(67)31-25-22-19-20-23-26-32-62-45-35-51(80-41(2)56(45)68)82-47-37-61(73,48(65)38-64)36-44-53(47)60(72)55-54(58(44)70)57(69)43-28-27-29-46(76-6)52(43)59(55)71/h27-29,41-42,45,47,51,56,62,64,68,73H,7-26,30-40H2,1-6H3,(H2-,69,70,71,72,74,75)/p+1/t41-,42?,45-,47-,51?,56+,61-/m0/s1. The van der Waals surface area contributed by atoms with Crippen LogP contribution in [-0.2, 0) is 53.4 Å². The number of hydrogen-bond acceptors (Lipinski definition) is 19. The van der Waals surface area contributed by atoms with Gasteiger partial charge >= 0.3 is 19.8 Å². The Morgan fingerprint density at radius 2 is 1.37 bits per heavy atom. The smallest absolute Gasteiger partial charge is 0.472 e. The molecule has 0 aromatic heterocycles. The number of phenolic OH excluding ortho intramolecular Hbond substituents is 2. The molecular weight excluding hydrogens is 1100 g/mol. The fourth-order valence-corrected chi connectivity index (χ4v) is 11.8. The number of aliphatic hydroxyl groups excluding tert-OH is 2. The number of benzene rings is 2. The number of rotatable bonds is 40. The Kier molecular flexibility index (Phi) is 28.5. The molecule has 1 fully saturated rings. The molecule has 1 aliphatic heterocycles. The molecule has 0 bridgehead atoms. The summed E-state index contributed by atoms with van der Waals surface area (Å²) < 4.78 is 52.3. The number of ketones is 3. The summed E-state index contributed by atoms with van der Waals surface area (Å²) in [5.41, 5.74) is -3.84. The number of esters is 2. The molecule has 83 heavy (non-hydrogen) atoms. The van der Waals surface area contributed by atoms with Crippen molar-refractivity contribution in [1.82, 2.24) is 5.32 Å². The normalized spacial score (nSPS) is 21.6. The van der Waals surface area contributed by atoms with Crippen LogP contribution in [-0.4, -0.2) is 168 Å². The number of methoxy groups -OCH3 is 1. The van der Waals surface area contributed by atoms with Gasteiger partial charge in [0.1, 0.15) is 49.2 Å². The summed E-state index contributed by atoms with van der Waals surface area (Å²) >= 11 is 0. The van der Waals surface area contributed by atoms with E-state index in [1.807, 2.05) is 21.1 Å². The van der Waals surface area contributed by atoms with Crippen molar-refractivity contribution in [1.29, 1.82) is 0 Å². The lowest BCUT2D eigenvalue weighted by Crippen LogP contribution is -2.54. The van der Waals surface area contributed by atoms with E-state index in [1.54, 1.807) is 6.92 Å². The van der Waals surface area contributed by atoms with Gasteiger partial charge in [0.25, 0.3) is 0 Å². The molecule has 2 aromatic rings. The van der Waals surface area contributed by atoms with Crippen LogP contribution in [0.5, 0.6) is 17.2 Å². The lowest BCUT2D eigenvalue weighted by molar-refractivity contribution is -0.870. The van der Waals surface area contributed by atoms with Crippen molar-refractivity contribution < 1.29 is 96.2 Å². The van der Waals surface area contributed by atoms with Gasteiger partial charge < -0.3 is 63.9 Å². The van der Waals surface area contributed by atoms with Crippen LogP contribution in [0.4, 0.5) is 0 Å². The van der Waals surface area contributed by atoms with E-state index in [0.717, 1.165) is 44.9 Å². The van der Waals surface area contributed by atoms with Gasteiger partial charge in [-0.2, -0.15) is 0 Å². The zero-order valence-corrected chi connectivity index (χ0v) is 50.9. The molecule has 1 saturated heterocycles. The molecule has 2 aromatic carbocycles. The van der Waals surface area contributed by atoms with Crippen LogP contribution in [0.1, 0.15) is 217 Å². The second kappa shape index (κ2) is 34.1. The van der Waals surface area contributed by atoms with Crippen molar-refractivity contribution in [2.45, 2.75) is 217 Å². The van der Waals surface area contributed by atoms with Crippen molar-refractivity contribution in [3.8, 4) is 17.2 Å². The maximum atomic E-state index is 14.1. The minimum Gasteiger partial charge on any atom is -0.507 e. The highest BCUT2D eigenvalue weighted by Crippen LogP contribution is 2.53. The number of carbonyl (C=O) groups is 5. The monoisotopic (exact) mass is 1190 g/mol. The Bertz CT molecular complexity index is 2480. The van der Waals surface area contributed by atoms with Crippen molar-refractivity contribution in [3.05, 3.63) is 51.6 Å². The van der Waals surface area contributed by atoms with Gasteiger partial charge in [-0.1, -0.05) is 128 Å².